The Hall–Kier alpha value is -1.64. The Morgan fingerprint density at radius 2 is 2.13 bits per heavy atom. The molecule has 0 saturated heterocycles. The number of hydrogen-bond donors (Lipinski definition) is 1. The normalized spacial score (nSPS) is 13.0. The lowest BCUT2D eigenvalue weighted by Gasteiger charge is -2.03. The minimum atomic E-state index is -2.16. The summed E-state index contributed by atoms with van der Waals surface area (Å²) >= 11 is -2.16. The first-order chi connectivity index (χ1) is 7.19. The van der Waals surface area contributed by atoms with E-state index in [9.17, 15) is 4.21 Å². The number of ether oxygens (including phenoxy) is 1. The van der Waals surface area contributed by atoms with Crippen LogP contribution in [0.3, 0.4) is 0 Å². The average molecular weight is 223 g/mol. The smallest absolute Gasteiger partial charge is 0.187 e. The zero-order chi connectivity index (χ0) is 11.3. The van der Waals surface area contributed by atoms with Crippen molar-refractivity contribution in [2.45, 2.75) is 0 Å². The lowest BCUT2D eigenvalue weighted by molar-refractivity contribution is 0.415. The van der Waals surface area contributed by atoms with Crippen LogP contribution in [0, 0.1) is 11.3 Å². The summed E-state index contributed by atoms with van der Waals surface area (Å²) in [5.41, 5.74) is 0.526. The molecule has 0 aromatic heterocycles. The zero-order valence-corrected chi connectivity index (χ0v) is 8.82. The van der Waals surface area contributed by atoms with Gasteiger partial charge in [0.05, 0.1) is 18.1 Å². The van der Waals surface area contributed by atoms with Crippen LogP contribution in [0.4, 0.5) is 0 Å². The van der Waals surface area contributed by atoms with E-state index in [1.165, 1.54) is 7.11 Å². The number of allylic oxidation sites excluding steroid dienone is 1. The molecule has 1 aromatic carbocycles. The summed E-state index contributed by atoms with van der Waals surface area (Å²) in [5, 5.41) is 8.45. The first-order valence-corrected chi connectivity index (χ1v) is 5.14. The Labute approximate surface area is 90.1 Å². The monoisotopic (exact) mass is 223 g/mol. The van der Waals surface area contributed by atoms with Crippen LogP contribution in [0.15, 0.2) is 30.3 Å². The van der Waals surface area contributed by atoms with E-state index < -0.39 is 11.1 Å². The van der Waals surface area contributed by atoms with Crippen molar-refractivity contribution in [2.24, 2.45) is 0 Å². The molecule has 0 aliphatic rings. The van der Waals surface area contributed by atoms with Gasteiger partial charge in [-0.1, -0.05) is 0 Å². The fourth-order valence-electron chi connectivity index (χ4n) is 1.05. The lowest BCUT2D eigenvalue weighted by atomic mass is 10.2. The van der Waals surface area contributed by atoms with E-state index in [1.54, 1.807) is 30.3 Å². The van der Waals surface area contributed by atoms with Crippen molar-refractivity contribution in [2.75, 3.05) is 7.11 Å². The van der Waals surface area contributed by atoms with Crippen molar-refractivity contribution in [1.29, 1.82) is 5.26 Å². The van der Waals surface area contributed by atoms with Crippen LogP contribution in [0.1, 0.15) is 5.56 Å². The molecule has 0 aliphatic carbocycles. The van der Waals surface area contributed by atoms with Gasteiger partial charge in [0.2, 0.25) is 0 Å². The standard InChI is InChI=1S/C10H9NO3S/c1-14-9-4-2-8(3-5-9)10(6-7-11)15(12)13/h2-6H,1H3,(H,12,13). The van der Waals surface area contributed by atoms with E-state index in [4.69, 9.17) is 14.6 Å². The highest BCUT2D eigenvalue weighted by Gasteiger charge is 2.07. The molecule has 0 saturated carbocycles. The van der Waals surface area contributed by atoms with Crippen LogP contribution in [0.25, 0.3) is 4.91 Å². The van der Waals surface area contributed by atoms with Gasteiger partial charge in [-0.15, -0.1) is 0 Å². The second-order valence-corrected chi connectivity index (χ2v) is 3.55. The van der Waals surface area contributed by atoms with E-state index in [0.717, 1.165) is 6.08 Å². The molecule has 15 heavy (non-hydrogen) atoms. The summed E-state index contributed by atoms with van der Waals surface area (Å²) in [6, 6.07) is 8.29. The SMILES string of the molecule is COc1ccc(C(=CC#N)S(=O)O)cc1. The van der Waals surface area contributed by atoms with Crippen LogP contribution in [0.5, 0.6) is 5.75 Å². The molecule has 4 nitrogen and oxygen atoms in total. The van der Waals surface area contributed by atoms with E-state index in [0.29, 0.717) is 11.3 Å². The molecule has 0 aliphatic heterocycles. The summed E-state index contributed by atoms with van der Waals surface area (Å²) in [7, 11) is 1.53. The van der Waals surface area contributed by atoms with Crippen molar-refractivity contribution in [3.63, 3.8) is 0 Å². The molecule has 1 rings (SSSR count). The highest BCUT2D eigenvalue weighted by atomic mass is 32.2. The first kappa shape index (κ1) is 11.4. The number of rotatable bonds is 3. The largest absolute Gasteiger partial charge is 0.497 e. The Kier molecular flexibility index (Phi) is 4.03. The predicted octanol–water partition coefficient (Wildman–Crippen LogP) is 1.78. The molecule has 1 aromatic rings. The quantitative estimate of drug-likeness (QED) is 0.626. The van der Waals surface area contributed by atoms with Crippen LogP contribution in [0.2, 0.25) is 0 Å². The molecular formula is C10H9NO3S. The Balaban J connectivity index is 3.09. The Bertz CT molecular complexity index is 431. The summed E-state index contributed by atoms with van der Waals surface area (Å²) < 4.78 is 24.8. The Morgan fingerprint density at radius 1 is 1.53 bits per heavy atom. The van der Waals surface area contributed by atoms with Gasteiger partial charge in [-0.2, -0.15) is 5.26 Å². The van der Waals surface area contributed by atoms with Gasteiger partial charge < -0.3 is 9.29 Å². The molecule has 0 amide bonds. The molecule has 5 heteroatoms. The zero-order valence-electron chi connectivity index (χ0n) is 8.01. The average Bonchev–Trinajstić information content (AvgIpc) is 2.26. The highest BCUT2D eigenvalue weighted by Crippen LogP contribution is 2.20. The molecule has 1 N–H and O–H groups in total. The molecule has 1 unspecified atom stereocenters. The molecule has 78 valence electrons. The van der Waals surface area contributed by atoms with Crippen molar-refractivity contribution in [3.8, 4) is 11.8 Å². The second kappa shape index (κ2) is 5.29. The molecule has 0 fully saturated rings. The maximum atomic E-state index is 10.9. The van der Waals surface area contributed by atoms with Gasteiger partial charge in [0.15, 0.2) is 11.1 Å². The third kappa shape index (κ3) is 2.91. The van der Waals surface area contributed by atoms with Crippen LogP contribution >= 0.6 is 0 Å². The fraction of sp³-hybridized carbons (Fsp3) is 0.100. The van der Waals surface area contributed by atoms with E-state index in [1.807, 2.05) is 0 Å². The van der Waals surface area contributed by atoms with Gasteiger partial charge in [0, 0.05) is 6.08 Å². The number of hydrogen-bond acceptors (Lipinski definition) is 3. The van der Waals surface area contributed by atoms with Gasteiger partial charge in [-0.05, 0) is 29.8 Å². The molecule has 1 atom stereocenters. The van der Waals surface area contributed by atoms with Crippen molar-refractivity contribution < 1.29 is 13.5 Å². The van der Waals surface area contributed by atoms with Crippen molar-refractivity contribution in [3.05, 3.63) is 35.9 Å². The number of benzene rings is 1. The van der Waals surface area contributed by atoms with Gasteiger partial charge >= 0.3 is 0 Å². The fourth-order valence-corrected chi connectivity index (χ4v) is 1.54. The topological polar surface area (TPSA) is 70.3 Å². The minimum Gasteiger partial charge on any atom is -0.497 e. The third-order valence-corrected chi connectivity index (χ3v) is 2.49. The summed E-state index contributed by atoms with van der Waals surface area (Å²) in [4.78, 5) is 0.0835. The first-order valence-electron chi connectivity index (χ1n) is 4.04. The molecule has 0 bridgehead atoms. The summed E-state index contributed by atoms with van der Waals surface area (Å²) in [5.74, 6) is 0.652. The third-order valence-electron chi connectivity index (χ3n) is 1.76. The molecule has 0 heterocycles. The minimum absolute atomic E-state index is 0.0835. The second-order valence-electron chi connectivity index (χ2n) is 2.62. The van der Waals surface area contributed by atoms with Crippen LogP contribution in [-0.4, -0.2) is 15.9 Å². The van der Waals surface area contributed by atoms with E-state index >= 15 is 0 Å². The number of methoxy groups -OCH3 is 1. The predicted molar refractivity (Wildman–Crippen MR) is 57.4 cm³/mol. The van der Waals surface area contributed by atoms with Crippen molar-refractivity contribution >= 4 is 16.0 Å². The number of nitriles is 1. The molecule has 0 spiro atoms. The van der Waals surface area contributed by atoms with Crippen LogP contribution < -0.4 is 4.74 Å². The van der Waals surface area contributed by atoms with Crippen molar-refractivity contribution in [1.82, 2.24) is 0 Å². The molecular weight excluding hydrogens is 214 g/mol. The van der Waals surface area contributed by atoms with Gasteiger partial charge in [-0.3, -0.25) is 0 Å². The van der Waals surface area contributed by atoms with Gasteiger partial charge in [0.25, 0.3) is 0 Å². The number of nitrogens with zero attached hydrogens (tertiary/aromatic N) is 1. The summed E-state index contributed by atoms with van der Waals surface area (Å²) in [6.45, 7) is 0. The van der Waals surface area contributed by atoms with Crippen LogP contribution in [-0.2, 0) is 11.1 Å². The van der Waals surface area contributed by atoms with E-state index in [2.05, 4.69) is 0 Å². The Morgan fingerprint density at radius 3 is 2.53 bits per heavy atom. The maximum absolute atomic E-state index is 10.9. The van der Waals surface area contributed by atoms with Gasteiger partial charge in [-0.25, -0.2) is 4.21 Å². The maximum Gasteiger partial charge on any atom is 0.187 e. The molecule has 0 radical (unpaired) electrons. The van der Waals surface area contributed by atoms with E-state index in [-0.39, 0.29) is 4.91 Å². The lowest BCUT2D eigenvalue weighted by Crippen LogP contribution is -1.92. The summed E-state index contributed by atoms with van der Waals surface area (Å²) in [6.07, 6.45) is 1.05. The van der Waals surface area contributed by atoms with Gasteiger partial charge in [0.1, 0.15) is 5.75 Å². The highest BCUT2D eigenvalue weighted by molar-refractivity contribution is 7.89.